The Bertz CT molecular complexity index is 1010. The van der Waals surface area contributed by atoms with Crippen LogP contribution in [0.1, 0.15) is 24.5 Å². The number of aryl methyl sites for hydroxylation is 1. The molecule has 5 rings (SSSR count). The largest absolute Gasteiger partial charge is 0.461 e. The Morgan fingerprint density at radius 1 is 1.33 bits per heavy atom. The van der Waals surface area contributed by atoms with E-state index in [0.29, 0.717) is 23.3 Å². The van der Waals surface area contributed by atoms with Crippen LogP contribution in [-0.2, 0) is 7.05 Å². The molecule has 1 fully saturated rings. The number of nitrogens with one attached hydrogen (secondary N) is 2. The van der Waals surface area contributed by atoms with E-state index in [1.165, 1.54) is 12.8 Å². The van der Waals surface area contributed by atoms with E-state index in [-0.39, 0.29) is 0 Å². The lowest BCUT2D eigenvalue weighted by molar-refractivity contribution is 0.577. The molecule has 4 aromatic heterocycles. The van der Waals surface area contributed by atoms with Crippen molar-refractivity contribution in [1.29, 1.82) is 0 Å². The van der Waals surface area contributed by atoms with Crippen LogP contribution in [0.5, 0.6) is 0 Å². The zero-order valence-corrected chi connectivity index (χ0v) is 13.0. The van der Waals surface area contributed by atoms with Crippen LogP contribution in [-0.4, -0.2) is 29.9 Å². The molecule has 4 aromatic rings. The summed E-state index contributed by atoms with van der Waals surface area (Å²) in [5.74, 6) is 3.26. The number of hydrogen-bond acceptors (Lipinski definition) is 6. The number of H-pyrrole nitrogens is 1. The maximum atomic E-state index is 5.42. The Hall–Kier alpha value is -3.16. The van der Waals surface area contributed by atoms with Crippen molar-refractivity contribution in [2.75, 3.05) is 5.32 Å². The van der Waals surface area contributed by atoms with Gasteiger partial charge in [-0.25, -0.2) is 9.97 Å². The zero-order valence-electron chi connectivity index (χ0n) is 13.0. The Kier molecular flexibility index (Phi) is 2.72. The van der Waals surface area contributed by atoms with Crippen LogP contribution in [0.25, 0.3) is 22.6 Å². The third-order valence-electron chi connectivity index (χ3n) is 4.18. The summed E-state index contributed by atoms with van der Waals surface area (Å²) in [5.41, 5.74) is 2.60. The number of aromatic amines is 1. The molecule has 0 aliphatic heterocycles. The highest BCUT2D eigenvalue weighted by molar-refractivity contribution is 5.87. The fraction of sp³-hybridized carbons (Fsp3) is 0.250. The van der Waals surface area contributed by atoms with E-state index in [4.69, 9.17) is 4.42 Å². The lowest BCUT2D eigenvalue weighted by Gasteiger charge is -2.07. The van der Waals surface area contributed by atoms with Crippen molar-refractivity contribution in [1.82, 2.24) is 29.9 Å². The third kappa shape index (κ3) is 2.15. The van der Waals surface area contributed by atoms with Gasteiger partial charge in [0.2, 0.25) is 0 Å². The molecule has 120 valence electrons. The van der Waals surface area contributed by atoms with Gasteiger partial charge in [0.25, 0.3) is 0 Å². The molecule has 24 heavy (non-hydrogen) atoms. The van der Waals surface area contributed by atoms with Gasteiger partial charge in [-0.2, -0.15) is 10.2 Å². The van der Waals surface area contributed by atoms with Crippen molar-refractivity contribution in [2.45, 2.75) is 18.8 Å². The highest BCUT2D eigenvalue weighted by Crippen LogP contribution is 2.40. The molecule has 0 spiro atoms. The molecule has 0 atom stereocenters. The zero-order chi connectivity index (χ0) is 16.1. The molecule has 0 unspecified atom stereocenters. The van der Waals surface area contributed by atoms with E-state index in [1.54, 1.807) is 12.5 Å². The molecule has 0 saturated heterocycles. The summed E-state index contributed by atoms with van der Waals surface area (Å²) in [5, 5.41) is 14.9. The molecular weight excluding hydrogens is 306 g/mol. The Labute approximate surface area is 136 Å². The molecule has 0 aromatic carbocycles. The van der Waals surface area contributed by atoms with Crippen LogP contribution < -0.4 is 5.32 Å². The molecule has 1 aliphatic rings. The quantitative estimate of drug-likeness (QED) is 0.600. The normalized spacial score (nSPS) is 14.4. The summed E-state index contributed by atoms with van der Waals surface area (Å²) in [6, 6.07) is 5.73. The van der Waals surface area contributed by atoms with Crippen molar-refractivity contribution < 1.29 is 4.42 Å². The van der Waals surface area contributed by atoms with Gasteiger partial charge in [0.1, 0.15) is 16.9 Å². The van der Waals surface area contributed by atoms with Crippen LogP contribution >= 0.6 is 0 Å². The number of furan rings is 1. The number of nitrogens with zero attached hydrogens (tertiary/aromatic N) is 5. The van der Waals surface area contributed by atoms with Gasteiger partial charge in [0.15, 0.2) is 17.4 Å². The minimum Gasteiger partial charge on any atom is -0.461 e. The van der Waals surface area contributed by atoms with E-state index in [2.05, 4.69) is 36.6 Å². The molecule has 0 radical (unpaired) electrons. The average molecular weight is 321 g/mol. The van der Waals surface area contributed by atoms with Gasteiger partial charge in [-0.05, 0) is 25.0 Å². The van der Waals surface area contributed by atoms with Crippen molar-refractivity contribution in [3.63, 3.8) is 0 Å². The van der Waals surface area contributed by atoms with Crippen LogP contribution in [0.2, 0.25) is 0 Å². The Balaban J connectivity index is 1.59. The fourth-order valence-corrected chi connectivity index (χ4v) is 2.75. The summed E-state index contributed by atoms with van der Waals surface area (Å²) in [7, 11) is 1.92. The second-order valence-electron chi connectivity index (χ2n) is 5.98. The molecule has 4 heterocycles. The average Bonchev–Trinajstić information content (AvgIpc) is 3.00. The maximum absolute atomic E-state index is 5.42. The summed E-state index contributed by atoms with van der Waals surface area (Å²) >= 11 is 0. The second-order valence-corrected chi connectivity index (χ2v) is 5.98. The smallest absolute Gasteiger partial charge is 0.198 e. The number of anilines is 2. The van der Waals surface area contributed by atoms with Gasteiger partial charge >= 0.3 is 0 Å². The third-order valence-corrected chi connectivity index (χ3v) is 4.18. The predicted octanol–water partition coefficient (Wildman–Crippen LogP) is 2.97. The lowest BCUT2D eigenvalue weighted by Crippen LogP contribution is -2.03. The number of rotatable bonds is 4. The maximum Gasteiger partial charge on any atom is 0.198 e. The minimum atomic E-state index is 0.515. The monoisotopic (exact) mass is 321 g/mol. The van der Waals surface area contributed by atoms with Crippen LogP contribution in [0.4, 0.5) is 11.6 Å². The summed E-state index contributed by atoms with van der Waals surface area (Å²) < 4.78 is 7.25. The molecule has 1 aliphatic carbocycles. The van der Waals surface area contributed by atoms with Gasteiger partial charge < -0.3 is 9.73 Å². The minimum absolute atomic E-state index is 0.515. The van der Waals surface area contributed by atoms with E-state index < -0.39 is 0 Å². The van der Waals surface area contributed by atoms with E-state index in [9.17, 15) is 0 Å². The van der Waals surface area contributed by atoms with Gasteiger partial charge in [-0.1, -0.05) is 0 Å². The molecule has 0 bridgehead atoms. The first kappa shape index (κ1) is 13.3. The van der Waals surface area contributed by atoms with Crippen molar-refractivity contribution in [2.24, 2.45) is 7.05 Å². The predicted molar refractivity (Wildman–Crippen MR) is 87.9 cm³/mol. The topological polar surface area (TPSA) is 97.5 Å². The van der Waals surface area contributed by atoms with E-state index >= 15 is 0 Å². The Morgan fingerprint density at radius 2 is 2.25 bits per heavy atom. The summed E-state index contributed by atoms with van der Waals surface area (Å²) in [6.07, 6.45) is 5.72. The highest BCUT2D eigenvalue weighted by atomic mass is 16.3. The SMILES string of the molecule is Cn1nc(C2CC2)cc1Nc1nc(-c2ccco2)nc2cn[nH]c12. The molecule has 8 heteroatoms. The summed E-state index contributed by atoms with van der Waals surface area (Å²) in [6.45, 7) is 0. The first-order chi connectivity index (χ1) is 11.8. The molecular formula is C16H15N7O. The van der Waals surface area contributed by atoms with Crippen molar-refractivity contribution in [3.05, 3.63) is 36.4 Å². The first-order valence-corrected chi connectivity index (χ1v) is 7.84. The summed E-state index contributed by atoms with van der Waals surface area (Å²) in [4.78, 5) is 9.08. The molecule has 1 saturated carbocycles. The van der Waals surface area contributed by atoms with Crippen LogP contribution in [0, 0.1) is 0 Å². The van der Waals surface area contributed by atoms with Gasteiger partial charge in [-0.15, -0.1) is 0 Å². The highest BCUT2D eigenvalue weighted by Gasteiger charge is 2.27. The molecule has 8 nitrogen and oxygen atoms in total. The van der Waals surface area contributed by atoms with Gasteiger partial charge in [-0.3, -0.25) is 9.78 Å². The van der Waals surface area contributed by atoms with E-state index in [0.717, 1.165) is 22.5 Å². The van der Waals surface area contributed by atoms with Gasteiger partial charge in [0, 0.05) is 19.0 Å². The lowest BCUT2D eigenvalue weighted by atomic mass is 10.3. The van der Waals surface area contributed by atoms with Gasteiger partial charge in [0.05, 0.1) is 18.2 Å². The number of fused-ring (bicyclic) bond motifs is 1. The van der Waals surface area contributed by atoms with Crippen molar-refractivity contribution in [3.8, 4) is 11.6 Å². The number of aromatic nitrogens is 6. The van der Waals surface area contributed by atoms with Crippen LogP contribution in [0.15, 0.2) is 35.1 Å². The van der Waals surface area contributed by atoms with Crippen molar-refractivity contribution >= 4 is 22.7 Å². The first-order valence-electron chi connectivity index (χ1n) is 7.84. The number of hydrogen-bond donors (Lipinski definition) is 2. The second kappa shape index (κ2) is 4.92. The fourth-order valence-electron chi connectivity index (χ4n) is 2.75. The standard InChI is InChI=1S/C16H15N7O/c1-23-13(7-10(22-23)9-4-5-9)19-16-14-11(8-17-21-14)18-15(20-16)12-3-2-6-24-12/h2-3,6-9H,4-5H2,1H3,(H,17,21)(H,18,19,20). The molecule has 2 N–H and O–H groups in total. The van der Waals surface area contributed by atoms with Crippen LogP contribution in [0.3, 0.4) is 0 Å². The molecule has 0 amide bonds. The van der Waals surface area contributed by atoms with E-state index in [1.807, 2.05) is 23.9 Å². The Morgan fingerprint density at radius 3 is 3.04 bits per heavy atom.